The van der Waals surface area contributed by atoms with Gasteiger partial charge in [0.05, 0.1) is 0 Å². The maximum atomic E-state index is 2.20. The SMILES string of the molecule is CC(C)c1ccccc1.[Pb]. The van der Waals surface area contributed by atoms with Gasteiger partial charge >= 0.3 is 0 Å². The molecule has 0 aliphatic carbocycles. The predicted molar refractivity (Wildman–Crippen MR) is 46.3 cm³/mol. The molecule has 0 aliphatic rings. The third-order valence-electron chi connectivity index (χ3n) is 1.47. The molecule has 0 heterocycles. The van der Waals surface area contributed by atoms with E-state index < -0.39 is 0 Å². The molecule has 1 rings (SSSR count). The normalized spacial score (nSPS) is 9.10. The van der Waals surface area contributed by atoms with Gasteiger partial charge in [-0.3, -0.25) is 0 Å². The minimum Gasteiger partial charge on any atom is -0.0622 e. The van der Waals surface area contributed by atoms with Crippen molar-refractivity contribution >= 4 is 27.3 Å². The largest absolute Gasteiger partial charge is 0.0622 e. The van der Waals surface area contributed by atoms with Gasteiger partial charge in [-0.05, 0) is 11.5 Å². The number of hydrogen-bond acceptors (Lipinski definition) is 0. The zero-order valence-corrected chi connectivity index (χ0v) is 10.4. The summed E-state index contributed by atoms with van der Waals surface area (Å²) in [4.78, 5) is 0. The smallest absolute Gasteiger partial charge is 0 e. The van der Waals surface area contributed by atoms with E-state index in [4.69, 9.17) is 0 Å². The zero-order chi connectivity index (χ0) is 6.69. The summed E-state index contributed by atoms with van der Waals surface area (Å²) in [5.41, 5.74) is 1.41. The quantitative estimate of drug-likeness (QED) is 0.695. The van der Waals surface area contributed by atoms with E-state index in [9.17, 15) is 0 Å². The second-order valence-corrected chi connectivity index (χ2v) is 2.57. The molecule has 0 atom stereocenters. The Bertz CT molecular complexity index is 167. The van der Waals surface area contributed by atoms with Gasteiger partial charge in [0.15, 0.2) is 0 Å². The molecule has 1 heteroatoms. The van der Waals surface area contributed by atoms with Gasteiger partial charge in [0.1, 0.15) is 0 Å². The molecule has 1 aromatic rings. The minimum absolute atomic E-state index is 0. The van der Waals surface area contributed by atoms with Gasteiger partial charge in [-0.25, -0.2) is 0 Å². The van der Waals surface area contributed by atoms with E-state index in [0.29, 0.717) is 5.92 Å². The van der Waals surface area contributed by atoms with E-state index in [1.54, 1.807) is 0 Å². The Labute approximate surface area is 82.8 Å². The first-order valence-electron chi connectivity index (χ1n) is 3.35. The molecule has 0 fully saturated rings. The topological polar surface area (TPSA) is 0 Å². The van der Waals surface area contributed by atoms with Crippen molar-refractivity contribution in [2.24, 2.45) is 0 Å². The van der Waals surface area contributed by atoms with E-state index >= 15 is 0 Å². The average molecular weight is 327 g/mol. The Hall–Kier alpha value is 0.142. The predicted octanol–water partition coefficient (Wildman–Crippen LogP) is 2.43. The molecule has 0 bridgehead atoms. The minimum atomic E-state index is 0. The van der Waals surface area contributed by atoms with Crippen LogP contribution in [0.2, 0.25) is 0 Å². The van der Waals surface area contributed by atoms with Crippen molar-refractivity contribution in [3.05, 3.63) is 35.9 Å². The Kier molecular flexibility index (Phi) is 4.95. The van der Waals surface area contributed by atoms with Crippen LogP contribution < -0.4 is 0 Å². The summed E-state index contributed by atoms with van der Waals surface area (Å²) in [5.74, 6) is 0.659. The van der Waals surface area contributed by atoms with Crippen LogP contribution in [0.5, 0.6) is 0 Å². The molecule has 0 aromatic heterocycles. The number of hydrogen-bond donors (Lipinski definition) is 0. The maximum Gasteiger partial charge on any atom is 0 e. The fourth-order valence-corrected chi connectivity index (χ4v) is 0.838. The van der Waals surface area contributed by atoms with E-state index in [-0.39, 0.29) is 27.3 Å². The standard InChI is InChI=1S/C9H12.Pb/c1-8(2)9-6-4-3-5-7-9;/h3-8H,1-2H3;. The van der Waals surface area contributed by atoms with Crippen molar-refractivity contribution in [3.63, 3.8) is 0 Å². The van der Waals surface area contributed by atoms with Gasteiger partial charge in [0.2, 0.25) is 0 Å². The van der Waals surface area contributed by atoms with Crippen LogP contribution in [-0.2, 0) is 0 Å². The molecular formula is C9H12Pb. The Morgan fingerprint density at radius 1 is 1.00 bits per heavy atom. The Balaban J connectivity index is 0.000000810. The summed E-state index contributed by atoms with van der Waals surface area (Å²) in [6, 6.07) is 10.5. The molecule has 0 spiro atoms. The summed E-state index contributed by atoms with van der Waals surface area (Å²) >= 11 is 0. The van der Waals surface area contributed by atoms with Gasteiger partial charge in [-0.1, -0.05) is 44.2 Å². The van der Waals surface area contributed by atoms with Crippen molar-refractivity contribution in [1.29, 1.82) is 0 Å². The summed E-state index contributed by atoms with van der Waals surface area (Å²) in [7, 11) is 0. The van der Waals surface area contributed by atoms with Gasteiger partial charge < -0.3 is 0 Å². The number of rotatable bonds is 1. The van der Waals surface area contributed by atoms with E-state index in [2.05, 4.69) is 38.1 Å². The molecular weight excluding hydrogens is 315 g/mol. The van der Waals surface area contributed by atoms with E-state index in [1.165, 1.54) is 5.56 Å². The van der Waals surface area contributed by atoms with Crippen molar-refractivity contribution in [2.75, 3.05) is 0 Å². The van der Waals surface area contributed by atoms with Gasteiger partial charge in [0, 0.05) is 27.3 Å². The molecule has 0 amide bonds. The molecule has 0 nitrogen and oxygen atoms in total. The maximum absolute atomic E-state index is 2.20. The van der Waals surface area contributed by atoms with Crippen LogP contribution in [0.15, 0.2) is 30.3 Å². The van der Waals surface area contributed by atoms with Gasteiger partial charge in [-0.2, -0.15) is 0 Å². The molecule has 0 saturated carbocycles. The Morgan fingerprint density at radius 3 is 1.80 bits per heavy atom. The van der Waals surface area contributed by atoms with Crippen LogP contribution in [0.3, 0.4) is 0 Å². The second-order valence-electron chi connectivity index (χ2n) is 2.57. The molecule has 1 aromatic carbocycles. The van der Waals surface area contributed by atoms with Crippen molar-refractivity contribution < 1.29 is 0 Å². The third-order valence-corrected chi connectivity index (χ3v) is 1.47. The molecule has 0 aliphatic heterocycles. The van der Waals surface area contributed by atoms with Crippen LogP contribution in [0.1, 0.15) is 25.3 Å². The first kappa shape index (κ1) is 10.1. The van der Waals surface area contributed by atoms with Crippen molar-refractivity contribution in [2.45, 2.75) is 19.8 Å². The molecule has 4 radical (unpaired) electrons. The first-order valence-corrected chi connectivity index (χ1v) is 3.35. The second kappa shape index (κ2) is 4.88. The monoisotopic (exact) mass is 328 g/mol. The first-order chi connectivity index (χ1) is 4.30. The molecule has 10 heavy (non-hydrogen) atoms. The van der Waals surface area contributed by atoms with E-state index in [0.717, 1.165) is 0 Å². The van der Waals surface area contributed by atoms with Crippen LogP contribution >= 0.6 is 0 Å². The molecule has 52 valence electrons. The van der Waals surface area contributed by atoms with Gasteiger partial charge in [0.25, 0.3) is 0 Å². The zero-order valence-electron chi connectivity index (χ0n) is 6.46. The number of benzene rings is 1. The third kappa shape index (κ3) is 2.82. The summed E-state index contributed by atoms with van der Waals surface area (Å²) in [6.45, 7) is 4.41. The summed E-state index contributed by atoms with van der Waals surface area (Å²) in [6.07, 6.45) is 0. The van der Waals surface area contributed by atoms with E-state index in [1.807, 2.05) is 6.07 Å². The van der Waals surface area contributed by atoms with Crippen LogP contribution in [0.25, 0.3) is 0 Å². The van der Waals surface area contributed by atoms with Crippen molar-refractivity contribution in [1.82, 2.24) is 0 Å². The fraction of sp³-hybridized carbons (Fsp3) is 0.333. The summed E-state index contributed by atoms with van der Waals surface area (Å²) < 4.78 is 0. The average Bonchev–Trinajstić information content (AvgIpc) is 1.90. The molecule has 0 N–H and O–H groups in total. The molecule has 0 unspecified atom stereocenters. The Morgan fingerprint density at radius 2 is 1.50 bits per heavy atom. The van der Waals surface area contributed by atoms with Crippen LogP contribution in [0.4, 0.5) is 0 Å². The van der Waals surface area contributed by atoms with Crippen LogP contribution in [-0.4, -0.2) is 27.3 Å². The van der Waals surface area contributed by atoms with Gasteiger partial charge in [-0.15, -0.1) is 0 Å². The fourth-order valence-electron chi connectivity index (χ4n) is 0.838. The van der Waals surface area contributed by atoms with Crippen molar-refractivity contribution in [3.8, 4) is 0 Å². The summed E-state index contributed by atoms with van der Waals surface area (Å²) in [5, 5.41) is 0. The molecule has 0 saturated heterocycles. The van der Waals surface area contributed by atoms with Crippen LogP contribution in [0, 0.1) is 0 Å².